The maximum atomic E-state index is 12.3. The van der Waals surface area contributed by atoms with Gasteiger partial charge in [-0.1, -0.05) is 41.4 Å². The fraction of sp³-hybridized carbons (Fsp3) is 0.250. The van der Waals surface area contributed by atoms with E-state index in [1.165, 1.54) is 0 Å². The van der Waals surface area contributed by atoms with Crippen LogP contribution in [0.5, 0.6) is 0 Å². The lowest BCUT2D eigenvalue weighted by Gasteiger charge is -2.23. The summed E-state index contributed by atoms with van der Waals surface area (Å²) in [4.78, 5) is 0.727. The minimum atomic E-state index is -1.25. The van der Waals surface area contributed by atoms with Crippen molar-refractivity contribution < 1.29 is 9.32 Å². The Labute approximate surface area is 126 Å². The first-order chi connectivity index (χ1) is 9.38. The molecule has 2 aromatic rings. The molecule has 0 fully saturated rings. The third kappa shape index (κ3) is 3.69. The van der Waals surface area contributed by atoms with E-state index in [1.807, 2.05) is 31.2 Å². The Kier molecular flexibility index (Phi) is 4.63. The molecule has 0 aliphatic carbocycles. The molecule has 20 heavy (non-hydrogen) atoms. The molecular formula is C16H17ClO2S. The molecule has 0 saturated carbocycles. The van der Waals surface area contributed by atoms with Gasteiger partial charge < -0.3 is 5.11 Å². The monoisotopic (exact) mass is 308 g/mol. The summed E-state index contributed by atoms with van der Waals surface area (Å²) in [5, 5.41) is 11.1. The van der Waals surface area contributed by atoms with E-state index in [0.717, 1.165) is 10.5 Å². The maximum Gasteiger partial charge on any atom is 0.0986 e. The summed E-state index contributed by atoms with van der Waals surface area (Å²) in [6.07, 6.45) is 0. The van der Waals surface area contributed by atoms with Crippen molar-refractivity contribution >= 4 is 22.4 Å². The van der Waals surface area contributed by atoms with Crippen LogP contribution >= 0.6 is 11.6 Å². The van der Waals surface area contributed by atoms with Crippen molar-refractivity contribution in [1.82, 2.24) is 0 Å². The Morgan fingerprint density at radius 3 is 2.20 bits per heavy atom. The van der Waals surface area contributed by atoms with E-state index in [-0.39, 0.29) is 5.75 Å². The minimum Gasteiger partial charge on any atom is -0.384 e. The van der Waals surface area contributed by atoms with Gasteiger partial charge in [0.2, 0.25) is 0 Å². The number of aliphatic hydroxyl groups is 1. The summed E-state index contributed by atoms with van der Waals surface area (Å²) < 4.78 is 12.3. The molecule has 0 radical (unpaired) electrons. The molecule has 2 atom stereocenters. The molecule has 2 nitrogen and oxygen atoms in total. The largest absolute Gasteiger partial charge is 0.384 e. The van der Waals surface area contributed by atoms with Crippen LogP contribution in [0.1, 0.15) is 18.1 Å². The summed E-state index contributed by atoms with van der Waals surface area (Å²) in [5.74, 6) is 0.150. The van der Waals surface area contributed by atoms with Crippen LogP contribution in [0.25, 0.3) is 0 Å². The Morgan fingerprint density at radius 1 is 1.10 bits per heavy atom. The van der Waals surface area contributed by atoms with E-state index in [2.05, 4.69) is 0 Å². The zero-order valence-corrected chi connectivity index (χ0v) is 13.0. The molecular weight excluding hydrogens is 292 g/mol. The summed E-state index contributed by atoms with van der Waals surface area (Å²) in [6.45, 7) is 3.65. The van der Waals surface area contributed by atoms with Crippen molar-refractivity contribution in [3.05, 3.63) is 64.7 Å². The molecule has 0 aliphatic heterocycles. The van der Waals surface area contributed by atoms with Crippen molar-refractivity contribution in [2.24, 2.45) is 0 Å². The molecule has 0 saturated heterocycles. The smallest absolute Gasteiger partial charge is 0.0986 e. The lowest BCUT2D eigenvalue weighted by Crippen LogP contribution is -2.28. The molecule has 106 valence electrons. The van der Waals surface area contributed by atoms with E-state index in [1.54, 1.807) is 31.2 Å². The highest BCUT2D eigenvalue weighted by Crippen LogP contribution is 2.25. The number of halogens is 1. The Morgan fingerprint density at radius 2 is 1.65 bits per heavy atom. The van der Waals surface area contributed by atoms with Crippen LogP contribution in [-0.4, -0.2) is 15.1 Å². The topological polar surface area (TPSA) is 37.3 Å². The molecule has 1 N–H and O–H groups in total. The standard InChI is InChI=1S/C16H17ClO2S/c1-12-3-9-15(10-4-12)20(19)11-16(2,18)13-5-7-14(17)8-6-13/h3-10,18H,11H2,1-2H3/t16-,20?/m0/s1. The van der Waals surface area contributed by atoms with Crippen LogP contribution in [0.15, 0.2) is 53.4 Å². The number of benzene rings is 2. The predicted octanol–water partition coefficient (Wildman–Crippen LogP) is 3.66. The summed E-state index contributed by atoms with van der Waals surface area (Å²) in [6, 6.07) is 14.5. The number of hydrogen-bond acceptors (Lipinski definition) is 2. The first kappa shape index (κ1) is 15.2. The van der Waals surface area contributed by atoms with Gasteiger partial charge in [-0.15, -0.1) is 0 Å². The number of aryl methyl sites for hydroxylation is 1. The second-order valence-corrected chi connectivity index (χ2v) is 6.97. The Balaban J connectivity index is 2.17. The molecule has 0 spiro atoms. The first-order valence-corrected chi connectivity index (χ1v) is 8.02. The summed E-state index contributed by atoms with van der Waals surface area (Å²) in [7, 11) is -1.25. The fourth-order valence-corrected chi connectivity index (χ4v) is 3.33. The van der Waals surface area contributed by atoms with Gasteiger partial charge in [0, 0.05) is 9.92 Å². The zero-order valence-electron chi connectivity index (χ0n) is 11.5. The highest BCUT2D eigenvalue weighted by Gasteiger charge is 2.26. The molecule has 0 aromatic heterocycles. The van der Waals surface area contributed by atoms with Gasteiger partial charge in [-0.05, 0) is 43.7 Å². The zero-order chi connectivity index (χ0) is 14.8. The highest BCUT2D eigenvalue weighted by atomic mass is 35.5. The van der Waals surface area contributed by atoms with E-state index in [0.29, 0.717) is 10.6 Å². The Hall–Kier alpha value is -1.16. The van der Waals surface area contributed by atoms with Gasteiger partial charge >= 0.3 is 0 Å². The quantitative estimate of drug-likeness (QED) is 0.936. The van der Waals surface area contributed by atoms with Crippen LogP contribution in [-0.2, 0) is 16.4 Å². The SMILES string of the molecule is Cc1ccc(S(=O)C[C@](C)(O)c2ccc(Cl)cc2)cc1. The lowest BCUT2D eigenvalue weighted by atomic mass is 9.98. The van der Waals surface area contributed by atoms with Gasteiger partial charge in [0.25, 0.3) is 0 Å². The van der Waals surface area contributed by atoms with Crippen LogP contribution in [0.2, 0.25) is 5.02 Å². The van der Waals surface area contributed by atoms with Gasteiger partial charge in [0.1, 0.15) is 0 Å². The molecule has 4 heteroatoms. The molecule has 2 rings (SSSR count). The normalized spacial score (nSPS) is 15.6. The van der Waals surface area contributed by atoms with E-state index in [4.69, 9.17) is 11.6 Å². The molecule has 0 aliphatic rings. The van der Waals surface area contributed by atoms with Gasteiger partial charge in [-0.2, -0.15) is 0 Å². The minimum absolute atomic E-state index is 0.150. The third-order valence-electron chi connectivity index (χ3n) is 3.16. The molecule has 1 unspecified atom stereocenters. The molecule has 0 amide bonds. The van der Waals surface area contributed by atoms with Gasteiger partial charge in [0.15, 0.2) is 0 Å². The van der Waals surface area contributed by atoms with Crippen molar-refractivity contribution in [2.45, 2.75) is 24.3 Å². The van der Waals surface area contributed by atoms with Gasteiger partial charge in [-0.3, -0.25) is 4.21 Å². The predicted molar refractivity (Wildman–Crippen MR) is 83.5 cm³/mol. The second kappa shape index (κ2) is 6.08. The van der Waals surface area contributed by atoms with Crippen LogP contribution in [0, 0.1) is 6.92 Å². The number of hydrogen-bond donors (Lipinski definition) is 1. The number of rotatable bonds is 4. The van der Waals surface area contributed by atoms with E-state index < -0.39 is 16.4 Å². The molecule has 0 bridgehead atoms. The van der Waals surface area contributed by atoms with Gasteiger partial charge in [0.05, 0.1) is 22.2 Å². The van der Waals surface area contributed by atoms with Crippen LogP contribution in [0.4, 0.5) is 0 Å². The first-order valence-electron chi connectivity index (χ1n) is 6.32. The van der Waals surface area contributed by atoms with Crippen molar-refractivity contribution in [3.63, 3.8) is 0 Å². The summed E-state index contributed by atoms with van der Waals surface area (Å²) in [5.41, 5.74) is 0.679. The average Bonchev–Trinajstić information content (AvgIpc) is 2.39. The van der Waals surface area contributed by atoms with Gasteiger partial charge in [-0.25, -0.2) is 0 Å². The highest BCUT2D eigenvalue weighted by molar-refractivity contribution is 7.85. The molecule has 2 aromatic carbocycles. The maximum absolute atomic E-state index is 12.3. The van der Waals surface area contributed by atoms with Crippen LogP contribution in [0.3, 0.4) is 0 Å². The van der Waals surface area contributed by atoms with E-state index >= 15 is 0 Å². The third-order valence-corrected chi connectivity index (χ3v) is 5.04. The van der Waals surface area contributed by atoms with E-state index in [9.17, 15) is 9.32 Å². The fourth-order valence-electron chi connectivity index (χ4n) is 1.92. The van der Waals surface area contributed by atoms with Crippen molar-refractivity contribution in [2.75, 3.05) is 5.75 Å². The van der Waals surface area contributed by atoms with Crippen molar-refractivity contribution in [1.29, 1.82) is 0 Å². The Bertz CT molecular complexity index is 603. The van der Waals surface area contributed by atoms with Crippen molar-refractivity contribution in [3.8, 4) is 0 Å². The average molecular weight is 309 g/mol. The second-order valence-electron chi connectivity index (χ2n) is 5.08. The molecule has 0 heterocycles. The van der Waals surface area contributed by atoms with Crippen LogP contribution < -0.4 is 0 Å². The lowest BCUT2D eigenvalue weighted by molar-refractivity contribution is 0.0829. The summed E-state index contributed by atoms with van der Waals surface area (Å²) >= 11 is 5.84.